The number of benzene rings is 2. The zero-order chi connectivity index (χ0) is 16.8. The summed E-state index contributed by atoms with van der Waals surface area (Å²) in [6, 6.07) is 15.2. The number of rotatable bonds is 6. The van der Waals surface area contributed by atoms with Gasteiger partial charge >= 0.3 is 5.97 Å². The quantitative estimate of drug-likeness (QED) is 0.610. The van der Waals surface area contributed by atoms with Crippen molar-refractivity contribution in [2.24, 2.45) is 5.92 Å². The van der Waals surface area contributed by atoms with E-state index >= 15 is 0 Å². The maximum absolute atomic E-state index is 11.0. The number of esters is 1. The lowest BCUT2D eigenvalue weighted by Gasteiger charge is -2.26. The van der Waals surface area contributed by atoms with Crippen molar-refractivity contribution in [3.8, 4) is 11.5 Å². The van der Waals surface area contributed by atoms with Crippen molar-refractivity contribution in [1.82, 2.24) is 0 Å². The molecule has 3 nitrogen and oxygen atoms in total. The summed E-state index contributed by atoms with van der Waals surface area (Å²) in [7, 11) is 0. The fourth-order valence-electron chi connectivity index (χ4n) is 3.09. The summed E-state index contributed by atoms with van der Waals surface area (Å²) in [6.07, 6.45) is 2.15. The molecule has 0 saturated heterocycles. The van der Waals surface area contributed by atoms with Crippen LogP contribution in [0.25, 0.3) is 0 Å². The second kappa shape index (κ2) is 7.82. The predicted octanol–water partition coefficient (Wildman–Crippen LogP) is 4.89. The first kappa shape index (κ1) is 17.1. The van der Waals surface area contributed by atoms with Crippen LogP contribution in [-0.2, 0) is 4.79 Å². The Hall–Kier alpha value is -2.29. The highest BCUT2D eigenvalue weighted by molar-refractivity contribution is 5.69. The van der Waals surface area contributed by atoms with E-state index in [0.717, 1.165) is 12.8 Å². The Morgan fingerprint density at radius 1 is 0.957 bits per heavy atom. The molecule has 0 radical (unpaired) electrons. The molecule has 2 aromatic rings. The van der Waals surface area contributed by atoms with Gasteiger partial charge in [0, 0.05) is 12.8 Å². The molecule has 0 aromatic heterocycles. The van der Waals surface area contributed by atoms with Crippen molar-refractivity contribution < 1.29 is 14.6 Å². The molecule has 0 aliphatic carbocycles. The second-order valence-corrected chi connectivity index (χ2v) is 5.81. The maximum Gasteiger partial charge on any atom is 0.308 e. The molecule has 0 aliphatic rings. The molecule has 3 heteroatoms. The molecule has 2 rings (SSSR count). The Morgan fingerprint density at radius 3 is 1.87 bits per heavy atom. The monoisotopic (exact) mass is 312 g/mol. The Bertz CT molecular complexity index is 625. The number of aromatic hydroxyl groups is 1. The molecule has 122 valence electrons. The van der Waals surface area contributed by atoms with Gasteiger partial charge in [0.05, 0.1) is 0 Å². The fourth-order valence-corrected chi connectivity index (χ4v) is 3.09. The molecule has 1 N–H and O–H groups in total. The average Bonchev–Trinajstić information content (AvgIpc) is 2.54. The van der Waals surface area contributed by atoms with Crippen molar-refractivity contribution in [1.29, 1.82) is 0 Å². The van der Waals surface area contributed by atoms with E-state index in [0.29, 0.717) is 11.7 Å². The third-order valence-corrected chi connectivity index (χ3v) is 4.27. The molecule has 0 unspecified atom stereocenters. The van der Waals surface area contributed by atoms with E-state index in [1.165, 1.54) is 18.1 Å². The van der Waals surface area contributed by atoms with Gasteiger partial charge in [-0.25, -0.2) is 0 Å². The predicted molar refractivity (Wildman–Crippen MR) is 91.8 cm³/mol. The van der Waals surface area contributed by atoms with Crippen LogP contribution < -0.4 is 4.74 Å². The summed E-state index contributed by atoms with van der Waals surface area (Å²) >= 11 is 0. The zero-order valence-electron chi connectivity index (χ0n) is 14.0. The van der Waals surface area contributed by atoms with Crippen molar-refractivity contribution in [3.05, 3.63) is 59.7 Å². The lowest BCUT2D eigenvalue weighted by Crippen LogP contribution is -2.13. The van der Waals surface area contributed by atoms with E-state index in [1.54, 1.807) is 12.1 Å². The van der Waals surface area contributed by atoms with Gasteiger partial charge in [-0.3, -0.25) is 4.79 Å². The number of carbonyl (C=O) groups excluding carboxylic acids is 1. The lowest BCUT2D eigenvalue weighted by atomic mass is 9.78. The van der Waals surface area contributed by atoms with Crippen LogP contribution in [0.2, 0.25) is 0 Å². The van der Waals surface area contributed by atoms with Gasteiger partial charge in [0.25, 0.3) is 0 Å². The third kappa shape index (κ3) is 4.35. The van der Waals surface area contributed by atoms with Gasteiger partial charge in [-0.2, -0.15) is 0 Å². The summed E-state index contributed by atoms with van der Waals surface area (Å²) in [5.74, 6) is 1.31. The van der Waals surface area contributed by atoms with Crippen LogP contribution in [0.4, 0.5) is 0 Å². The summed E-state index contributed by atoms with van der Waals surface area (Å²) in [5, 5.41) is 9.53. The van der Waals surface area contributed by atoms with Crippen LogP contribution in [0, 0.1) is 5.92 Å². The van der Waals surface area contributed by atoms with E-state index in [4.69, 9.17) is 4.74 Å². The molecule has 0 aliphatic heterocycles. The molecule has 0 fully saturated rings. The molecule has 1 atom stereocenters. The van der Waals surface area contributed by atoms with Gasteiger partial charge in [0.2, 0.25) is 0 Å². The third-order valence-electron chi connectivity index (χ3n) is 4.27. The summed E-state index contributed by atoms with van der Waals surface area (Å²) in [6.45, 7) is 5.81. The lowest BCUT2D eigenvalue weighted by molar-refractivity contribution is -0.131. The highest BCUT2D eigenvalue weighted by Crippen LogP contribution is 2.37. The molecule has 0 amide bonds. The molecular weight excluding hydrogens is 288 g/mol. The minimum atomic E-state index is -0.312. The van der Waals surface area contributed by atoms with Crippen LogP contribution >= 0.6 is 0 Å². The molecule has 0 heterocycles. The van der Waals surface area contributed by atoms with Crippen LogP contribution in [0.3, 0.4) is 0 Å². The van der Waals surface area contributed by atoms with Crippen LogP contribution in [0.1, 0.15) is 50.7 Å². The molecular formula is C20H24O3. The summed E-state index contributed by atoms with van der Waals surface area (Å²) in [5.41, 5.74) is 2.39. The smallest absolute Gasteiger partial charge is 0.308 e. The molecule has 2 aromatic carbocycles. The van der Waals surface area contributed by atoms with E-state index in [2.05, 4.69) is 13.8 Å². The fraction of sp³-hybridized carbons (Fsp3) is 0.350. The Balaban J connectivity index is 2.36. The van der Waals surface area contributed by atoms with Gasteiger partial charge in [-0.1, -0.05) is 51.0 Å². The number of phenols is 1. The van der Waals surface area contributed by atoms with Gasteiger partial charge in [-0.15, -0.1) is 0 Å². The van der Waals surface area contributed by atoms with Gasteiger partial charge < -0.3 is 9.84 Å². The highest BCUT2D eigenvalue weighted by Gasteiger charge is 2.22. The second-order valence-electron chi connectivity index (χ2n) is 5.81. The SMILES string of the molecule is CCC(CC)[C@H](c1ccc(O)cc1)c1ccc(OC(C)=O)cc1. The van der Waals surface area contributed by atoms with Gasteiger partial charge in [-0.05, 0) is 41.3 Å². The summed E-state index contributed by atoms with van der Waals surface area (Å²) in [4.78, 5) is 11.0. The van der Waals surface area contributed by atoms with Crippen LogP contribution in [0.5, 0.6) is 11.5 Å². The summed E-state index contributed by atoms with van der Waals surface area (Å²) < 4.78 is 5.11. The van der Waals surface area contributed by atoms with Crippen molar-refractivity contribution in [3.63, 3.8) is 0 Å². The standard InChI is InChI=1S/C20H24O3/c1-4-15(5-2)20(16-6-10-18(22)11-7-16)17-8-12-19(13-9-17)23-14(3)21/h6-13,15,20,22H,4-5H2,1-3H3/t20-/m1/s1. The normalized spacial score (nSPS) is 12.2. The minimum Gasteiger partial charge on any atom is -0.508 e. The number of carbonyl (C=O) groups is 1. The first-order valence-corrected chi connectivity index (χ1v) is 8.12. The number of ether oxygens (including phenoxy) is 1. The highest BCUT2D eigenvalue weighted by atomic mass is 16.5. The minimum absolute atomic E-state index is 0.261. The molecule has 0 spiro atoms. The van der Waals surface area contributed by atoms with Crippen LogP contribution in [-0.4, -0.2) is 11.1 Å². The zero-order valence-corrected chi connectivity index (χ0v) is 14.0. The molecule has 23 heavy (non-hydrogen) atoms. The maximum atomic E-state index is 11.0. The van der Waals surface area contributed by atoms with Crippen molar-refractivity contribution in [2.75, 3.05) is 0 Å². The van der Waals surface area contributed by atoms with E-state index < -0.39 is 0 Å². The number of phenolic OH excluding ortho intramolecular Hbond substituents is 1. The van der Waals surface area contributed by atoms with E-state index in [1.807, 2.05) is 36.4 Å². The largest absolute Gasteiger partial charge is 0.508 e. The first-order valence-electron chi connectivity index (χ1n) is 8.12. The topological polar surface area (TPSA) is 46.5 Å². The number of hydrogen-bond donors (Lipinski definition) is 1. The Morgan fingerprint density at radius 2 is 1.43 bits per heavy atom. The van der Waals surface area contributed by atoms with E-state index in [-0.39, 0.29) is 17.6 Å². The van der Waals surface area contributed by atoms with Gasteiger partial charge in [0.1, 0.15) is 11.5 Å². The Kier molecular flexibility index (Phi) is 5.80. The van der Waals surface area contributed by atoms with Crippen molar-refractivity contribution >= 4 is 5.97 Å². The Labute approximate surface area is 137 Å². The number of hydrogen-bond acceptors (Lipinski definition) is 3. The van der Waals surface area contributed by atoms with Crippen molar-refractivity contribution in [2.45, 2.75) is 39.5 Å². The molecule has 0 bridgehead atoms. The molecule has 0 saturated carbocycles. The first-order chi connectivity index (χ1) is 11.0. The van der Waals surface area contributed by atoms with Crippen LogP contribution in [0.15, 0.2) is 48.5 Å². The van der Waals surface area contributed by atoms with Gasteiger partial charge in [0.15, 0.2) is 0 Å². The van der Waals surface area contributed by atoms with E-state index in [9.17, 15) is 9.90 Å². The average molecular weight is 312 g/mol.